The highest BCUT2D eigenvalue weighted by Gasteiger charge is 2.34. The molecule has 0 spiro atoms. The maximum atomic E-state index is 6.33. The van der Waals surface area contributed by atoms with Gasteiger partial charge >= 0.3 is 0 Å². The van der Waals surface area contributed by atoms with Gasteiger partial charge < -0.3 is 18.9 Å². The third-order valence-electron chi connectivity index (χ3n) is 7.78. The van der Waals surface area contributed by atoms with Crippen LogP contribution in [-0.2, 0) is 18.9 Å². The van der Waals surface area contributed by atoms with Gasteiger partial charge in [-0.1, -0.05) is 81.1 Å². The topological polar surface area (TPSA) is 36.9 Å². The van der Waals surface area contributed by atoms with Crippen LogP contribution in [0.25, 0.3) is 0 Å². The summed E-state index contributed by atoms with van der Waals surface area (Å²) in [7, 11) is 0. The van der Waals surface area contributed by atoms with E-state index in [0.717, 1.165) is 51.4 Å². The molecule has 240 valence electrons. The summed E-state index contributed by atoms with van der Waals surface area (Å²) in [5, 5.41) is 0. The van der Waals surface area contributed by atoms with Gasteiger partial charge in [0.25, 0.3) is 0 Å². The van der Waals surface area contributed by atoms with Crippen molar-refractivity contribution in [3.05, 3.63) is 47.3 Å². The highest BCUT2D eigenvalue weighted by molar-refractivity contribution is 5.01. The van der Waals surface area contributed by atoms with Crippen LogP contribution in [0, 0.1) is 5.41 Å². The molecule has 0 aliphatic rings. The first-order valence-electron chi connectivity index (χ1n) is 17.2. The Morgan fingerprint density at radius 2 is 0.610 bits per heavy atom. The second kappa shape index (κ2) is 27.0. The summed E-state index contributed by atoms with van der Waals surface area (Å²) in [6.07, 6.45) is 25.9. The molecule has 41 heavy (non-hydrogen) atoms. The van der Waals surface area contributed by atoms with Gasteiger partial charge in [-0.3, -0.25) is 0 Å². The van der Waals surface area contributed by atoms with Gasteiger partial charge in [-0.15, -0.1) is 0 Å². The largest absolute Gasteiger partial charge is 0.500 e. The molecule has 0 N–H and O–H groups in total. The summed E-state index contributed by atoms with van der Waals surface area (Å²) >= 11 is 0. The zero-order valence-electron chi connectivity index (χ0n) is 28.6. The predicted molar refractivity (Wildman–Crippen MR) is 178 cm³/mol. The van der Waals surface area contributed by atoms with E-state index in [9.17, 15) is 0 Å². The van der Waals surface area contributed by atoms with Gasteiger partial charge in [-0.05, 0) is 99.3 Å². The van der Waals surface area contributed by atoms with Crippen LogP contribution in [0.15, 0.2) is 47.3 Å². The molecule has 0 unspecified atom stereocenters. The molecule has 0 aromatic heterocycles. The Morgan fingerprint density at radius 1 is 0.390 bits per heavy atom. The van der Waals surface area contributed by atoms with Crippen molar-refractivity contribution in [2.24, 2.45) is 5.41 Å². The second-order valence-electron chi connectivity index (χ2n) is 11.7. The summed E-state index contributed by atoms with van der Waals surface area (Å²) in [4.78, 5) is 0. The average molecular weight is 577 g/mol. The van der Waals surface area contributed by atoms with Gasteiger partial charge in [-0.25, -0.2) is 0 Å². The summed E-state index contributed by atoms with van der Waals surface area (Å²) < 4.78 is 25.3. The molecule has 0 rings (SSSR count). The lowest BCUT2D eigenvalue weighted by atomic mass is 9.92. The first-order chi connectivity index (χ1) is 20.0. The molecule has 0 fully saturated rings. The van der Waals surface area contributed by atoms with E-state index < -0.39 is 5.41 Å². The van der Waals surface area contributed by atoms with Crippen LogP contribution in [0.5, 0.6) is 0 Å². The van der Waals surface area contributed by atoms with E-state index in [4.69, 9.17) is 18.9 Å². The van der Waals surface area contributed by atoms with E-state index >= 15 is 0 Å². The first-order valence-corrected chi connectivity index (χ1v) is 17.2. The van der Waals surface area contributed by atoms with E-state index in [1.54, 1.807) is 0 Å². The van der Waals surface area contributed by atoms with Crippen molar-refractivity contribution in [2.75, 3.05) is 26.4 Å². The molecule has 0 aliphatic carbocycles. The third kappa shape index (κ3) is 19.8. The number of rotatable bonds is 28. The Balaban J connectivity index is 6.07. The zero-order valence-corrected chi connectivity index (χ0v) is 28.6. The fourth-order valence-corrected chi connectivity index (χ4v) is 4.49. The van der Waals surface area contributed by atoms with Gasteiger partial charge in [0.1, 0.15) is 31.8 Å². The molecule has 0 aliphatic heterocycles. The van der Waals surface area contributed by atoms with Crippen LogP contribution < -0.4 is 0 Å². The summed E-state index contributed by atoms with van der Waals surface area (Å²) in [5.74, 6) is 0. The lowest BCUT2D eigenvalue weighted by molar-refractivity contribution is -0.0491. The van der Waals surface area contributed by atoms with E-state index in [1.807, 2.05) is 25.0 Å². The standard InChI is InChI=1S/C37H68O4/c1-9-17-21-33(13-5)25-38-29-37(30-39-26-34(14-6)22-18-10-2,31-40-27-35(15-7)23-19-11-3)32-41-28-36(16-8)24-20-12-4/h25-28H,9-24,29-32H2,1-8H3. The van der Waals surface area contributed by atoms with Crippen LogP contribution in [-0.4, -0.2) is 26.4 Å². The van der Waals surface area contributed by atoms with Gasteiger partial charge in [0.15, 0.2) is 0 Å². The molecular weight excluding hydrogens is 508 g/mol. The smallest absolute Gasteiger partial charge is 0.106 e. The molecule has 4 heteroatoms. The Hall–Kier alpha value is -1.84. The number of ether oxygens (including phenoxy) is 4. The van der Waals surface area contributed by atoms with E-state index in [-0.39, 0.29) is 0 Å². The van der Waals surface area contributed by atoms with Crippen molar-refractivity contribution in [3.8, 4) is 0 Å². The molecule has 0 aromatic rings. The van der Waals surface area contributed by atoms with Crippen molar-refractivity contribution in [1.29, 1.82) is 0 Å². The zero-order chi connectivity index (χ0) is 30.6. The molecule has 0 atom stereocenters. The van der Waals surface area contributed by atoms with Crippen LogP contribution >= 0.6 is 0 Å². The fourth-order valence-electron chi connectivity index (χ4n) is 4.49. The van der Waals surface area contributed by atoms with E-state index in [0.29, 0.717) is 26.4 Å². The molecule has 4 nitrogen and oxygen atoms in total. The highest BCUT2D eigenvalue weighted by Crippen LogP contribution is 2.25. The van der Waals surface area contributed by atoms with Crippen LogP contribution in [0.1, 0.15) is 158 Å². The third-order valence-corrected chi connectivity index (χ3v) is 7.78. The van der Waals surface area contributed by atoms with Crippen LogP contribution in [0.4, 0.5) is 0 Å². The fraction of sp³-hybridized carbons (Fsp3) is 0.784. The van der Waals surface area contributed by atoms with Gasteiger partial charge in [0.2, 0.25) is 0 Å². The Morgan fingerprint density at radius 3 is 0.780 bits per heavy atom. The van der Waals surface area contributed by atoms with E-state index in [1.165, 1.54) is 73.7 Å². The minimum Gasteiger partial charge on any atom is -0.500 e. The minimum atomic E-state index is -0.444. The number of hydrogen-bond donors (Lipinski definition) is 0. The van der Waals surface area contributed by atoms with Crippen molar-refractivity contribution >= 4 is 0 Å². The SMILES string of the molecule is CCCCC(=COCC(COC=C(CC)CCCC)(COC=C(CC)CCCC)COC=C(CC)CCCC)CC. The monoisotopic (exact) mass is 577 g/mol. The van der Waals surface area contributed by atoms with Crippen molar-refractivity contribution in [2.45, 2.75) is 158 Å². The molecule has 0 saturated heterocycles. The van der Waals surface area contributed by atoms with Crippen molar-refractivity contribution in [1.82, 2.24) is 0 Å². The lowest BCUT2D eigenvalue weighted by Gasteiger charge is -2.31. The minimum absolute atomic E-state index is 0.444. The Bertz CT molecular complexity index is 606. The summed E-state index contributed by atoms with van der Waals surface area (Å²) in [5.41, 5.74) is 4.99. The molecule has 0 heterocycles. The van der Waals surface area contributed by atoms with Gasteiger partial charge in [0.05, 0.1) is 25.0 Å². The van der Waals surface area contributed by atoms with Crippen LogP contribution in [0.3, 0.4) is 0 Å². The molecule has 0 saturated carbocycles. The first kappa shape index (κ1) is 39.2. The molecule has 0 radical (unpaired) electrons. The second-order valence-corrected chi connectivity index (χ2v) is 11.7. The molecule has 0 bridgehead atoms. The van der Waals surface area contributed by atoms with Crippen molar-refractivity contribution in [3.63, 3.8) is 0 Å². The van der Waals surface area contributed by atoms with Crippen LogP contribution in [0.2, 0.25) is 0 Å². The maximum Gasteiger partial charge on any atom is 0.106 e. The molecule has 0 aromatic carbocycles. The number of hydrogen-bond acceptors (Lipinski definition) is 4. The molecular formula is C37H68O4. The van der Waals surface area contributed by atoms with Gasteiger partial charge in [0, 0.05) is 0 Å². The summed E-state index contributed by atoms with van der Waals surface area (Å²) in [6, 6.07) is 0. The van der Waals surface area contributed by atoms with Gasteiger partial charge in [-0.2, -0.15) is 0 Å². The number of unbranched alkanes of at least 4 members (excludes halogenated alkanes) is 4. The normalized spacial score (nSPS) is 14.6. The maximum absolute atomic E-state index is 6.33. The number of allylic oxidation sites excluding steroid dienone is 4. The average Bonchev–Trinajstić information content (AvgIpc) is 2.99. The van der Waals surface area contributed by atoms with E-state index in [2.05, 4.69) is 55.4 Å². The molecule has 0 amide bonds. The van der Waals surface area contributed by atoms with Crippen molar-refractivity contribution < 1.29 is 18.9 Å². The predicted octanol–water partition coefficient (Wildman–Crippen LogP) is 12.0. The quantitative estimate of drug-likeness (QED) is 0.0868. The lowest BCUT2D eigenvalue weighted by Crippen LogP contribution is -2.40. The highest BCUT2D eigenvalue weighted by atomic mass is 16.5. The Kier molecular flexibility index (Phi) is 25.8. The Labute approximate surface area is 256 Å². The summed E-state index contributed by atoms with van der Waals surface area (Å²) in [6.45, 7) is 19.7.